The summed E-state index contributed by atoms with van der Waals surface area (Å²) < 4.78 is 27.2. The molecule has 1 saturated heterocycles. The molecule has 0 aromatic carbocycles. The minimum Gasteiger partial charge on any atom is -0.296 e. The molecule has 1 aliphatic rings. The Hall–Kier alpha value is -0.220. The van der Waals surface area contributed by atoms with E-state index in [4.69, 9.17) is 0 Å². The zero-order valence-electron chi connectivity index (χ0n) is 10.2. The average molecular weight is 220 g/mol. The Morgan fingerprint density at radius 1 is 1.13 bits per heavy atom. The molecule has 0 aromatic heterocycles. The van der Waals surface area contributed by atoms with E-state index >= 15 is 0 Å². The summed E-state index contributed by atoms with van der Waals surface area (Å²) in [5.74, 6) is -2.58. The summed E-state index contributed by atoms with van der Waals surface area (Å²) in [5.41, 5.74) is -0.173. The summed E-state index contributed by atoms with van der Waals surface area (Å²) in [4.78, 5) is 3.70. The molecule has 1 aliphatic heterocycles. The van der Waals surface area contributed by atoms with Crippen LogP contribution in [-0.4, -0.2) is 54.0 Å². The third-order valence-electron chi connectivity index (χ3n) is 2.96. The molecule has 1 rings (SSSR count). The average Bonchev–Trinajstić information content (AvgIpc) is 2.22. The van der Waals surface area contributed by atoms with E-state index in [1.165, 1.54) is 0 Å². The van der Waals surface area contributed by atoms with Gasteiger partial charge in [0.05, 0.1) is 13.1 Å². The van der Waals surface area contributed by atoms with E-state index < -0.39 is 5.92 Å². The van der Waals surface area contributed by atoms with Crippen LogP contribution in [0.2, 0.25) is 0 Å². The molecule has 4 heteroatoms. The molecule has 1 heterocycles. The lowest BCUT2D eigenvalue weighted by atomic mass is 10.1. The second-order valence-corrected chi connectivity index (χ2v) is 5.32. The molecule has 90 valence electrons. The lowest BCUT2D eigenvalue weighted by Gasteiger charge is -2.35. The van der Waals surface area contributed by atoms with Crippen LogP contribution in [-0.2, 0) is 0 Å². The first-order valence-corrected chi connectivity index (χ1v) is 5.60. The molecule has 2 nitrogen and oxygen atoms in total. The molecule has 0 aliphatic carbocycles. The predicted octanol–water partition coefficient (Wildman–Crippen LogP) is 2.06. The van der Waals surface area contributed by atoms with Gasteiger partial charge in [-0.25, -0.2) is 8.78 Å². The van der Waals surface area contributed by atoms with E-state index in [-0.39, 0.29) is 18.6 Å². The summed E-state index contributed by atoms with van der Waals surface area (Å²) in [7, 11) is 0. The number of hydrogen-bond donors (Lipinski definition) is 0. The Labute approximate surface area is 91.2 Å². The quantitative estimate of drug-likeness (QED) is 0.667. The fraction of sp³-hybridized carbons (Fsp3) is 1.00. The van der Waals surface area contributed by atoms with Gasteiger partial charge in [-0.2, -0.15) is 0 Å². The minimum absolute atomic E-state index is 0.101. The van der Waals surface area contributed by atoms with Crippen LogP contribution in [0.1, 0.15) is 27.7 Å². The van der Waals surface area contributed by atoms with Gasteiger partial charge in [0.15, 0.2) is 0 Å². The topological polar surface area (TPSA) is 6.48 Å². The maximum Gasteiger partial charge on any atom is 0.272 e. The van der Waals surface area contributed by atoms with Crippen molar-refractivity contribution < 1.29 is 8.78 Å². The number of halogens is 2. The third-order valence-corrected chi connectivity index (χ3v) is 2.96. The van der Waals surface area contributed by atoms with Crippen molar-refractivity contribution in [1.82, 2.24) is 9.80 Å². The van der Waals surface area contributed by atoms with Gasteiger partial charge in [0.25, 0.3) is 5.92 Å². The zero-order valence-corrected chi connectivity index (χ0v) is 10.2. The monoisotopic (exact) mass is 220 g/mol. The molecule has 0 atom stereocenters. The Bertz CT molecular complexity index is 211. The lowest BCUT2D eigenvalue weighted by Crippen LogP contribution is -2.47. The van der Waals surface area contributed by atoms with E-state index in [1.807, 2.05) is 37.5 Å². The van der Waals surface area contributed by atoms with Gasteiger partial charge >= 0.3 is 0 Å². The van der Waals surface area contributed by atoms with Crippen molar-refractivity contribution in [2.24, 2.45) is 0 Å². The van der Waals surface area contributed by atoms with Gasteiger partial charge in [0.1, 0.15) is 0 Å². The van der Waals surface area contributed by atoms with E-state index in [1.54, 1.807) is 0 Å². The van der Waals surface area contributed by atoms with Crippen LogP contribution < -0.4 is 0 Å². The van der Waals surface area contributed by atoms with E-state index in [2.05, 4.69) is 0 Å². The van der Waals surface area contributed by atoms with Crippen LogP contribution >= 0.6 is 0 Å². The summed E-state index contributed by atoms with van der Waals surface area (Å²) in [6.45, 7) is 9.86. The van der Waals surface area contributed by atoms with Crippen LogP contribution in [0.4, 0.5) is 8.78 Å². The van der Waals surface area contributed by atoms with Gasteiger partial charge in [0.2, 0.25) is 0 Å². The Balaban J connectivity index is 2.73. The van der Waals surface area contributed by atoms with Gasteiger partial charge in [-0.1, -0.05) is 6.92 Å². The van der Waals surface area contributed by atoms with Crippen LogP contribution in [0, 0.1) is 0 Å². The number of rotatable bonds is 1. The van der Waals surface area contributed by atoms with Crippen molar-refractivity contribution in [1.29, 1.82) is 0 Å². The molecule has 0 saturated carbocycles. The van der Waals surface area contributed by atoms with Gasteiger partial charge in [0, 0.05) is 18.6 Å². The maximum atomic E-state index is 13.6. The van der Waals surface area contributed by atoms with Crippen LogP contribution in [0.15, 0.2) is 0 Å². The number of hydrogen-bond acceptors (Lipinski definition) is 2. The third kappa shape index (κ3) is 3.68. The molecule has 1 fully saturated rings. The smallest absolute Gasteiger partial charge is 0.272 e. The minimum atomic E-state index is -2.58. The molecular formula is C11H22F2N2. The van der Waals surface area contributed by atoms with Crippen molar-refractivity contribution in [2.75, 3.05) is 32.7 Å². The molecule has 0 radical (unpaired) electrons. The van der Waals surface area contributed by atoms with Gasteiger partial charge in [-0.15, -0.1) is 0 Å². The summed E-state index contributed by atoms with van der Waals surface area (Å²) in [6.07, 6.45) is 0. The van der Waals surface area contributed by atoms with Gasteiger partial charge in [-0.05, 0) is 27.3 Å². The first-order chi connectivity index (χ1) is 6.74. The predicted molar refractivity (Wildman–Crippen MR) is 58.4 cm³/mol. The fourth-order valence-electron chi connectivity index (χ4n) is 1.92. The SMILES string of the molecule is CCN1CCN(C(C)(C)C)CC(F)(F)C1. The van der Waals surface area contributed by atoms with Crippen LogP contribution in [0.25, 0.3) is 0 Å². The molecule has 0 spiro atoms. The van der Waals surface area contributed by atoms with Crippen LogP contribution in [0.3, 0.4) is 0 Å². The second kappa shape index (κ2) is 4.34. The second-order valence-electron chi connectivity index (χ2n) is 5.32. The van der Waals surface area contributed by atoms with E-state index in [9.17, 15) is 8.78 Å². The highest BCUT2D eigenvalue weighted by Crippen LogP contribution is 2.25. The van der Waals surface area contributed by atoms with Gasteiger partial charge < -0.3 is 0 Å². The Kier molecular flexibility index (Phi) is 3.71. The Morgan fingerprint density at radius 2 is 1.73 bits per heavy atom. The highest BCUT2D eigenvalue weighted by Gasteiger charge is 2.39. The van der Waals surface area contributed by atoms with E-state index in [0.29, 0.717) is 6.54 Å². The molecule has 15 heavy (non-hydrogen) atoms. The van der Waals surface area contributed by atoms with Crippen molar-refractivity contribution in [3.05, 3.63) is 0 Å². The van der Waals surface area contributed by atoms with Gasteiger partial charge in [-0.3, -0.25) is 9.80 Å². The summed E-state index contributed by atoms with van der Waals surface area (Å²) >= 11 is 0. The van der Waals surface area contributed by atoms with E-state index in [0.717, 1.165) is 13.1 Å². The zero-order chi connectivity index (χ0) is 11.7. The molecule has 0 aromatic rings. The number of alkyl halides is 2. The molecular weight excluding hydrogens is 198 g/mol. The van der Waals surface area contributed by atoms with Crippen molar-refractivity contribution in [2.45, 2.75) is 39.2 Å². The number of nitrogens with zero attached hydrogens (tertiary/aromatic N) is 2. The Morgan fingerprint density at radius 3 is 2.20 bits per heavy atom. The van der Waals surface area contributed by atoms with Crippen LogP contribution in [0.5, 0.6) is 0 Å². The normalized spacial score (nSPS) is 25.2. The maximum absolute atomic E-state index is 13.6. The lowest BCUT2D eigenvalue weighted by molar-refractivity contribution is -0.0512. The molecule has 0 amide bonds. The highest BCUT2D eigenvalue weighted by atomic mass is 19.3. The summed E-state index contributed by atoms with van der Waals surface area (Å²) in [5, 5.41) is 0. The first-order valence-electron chi connectivity index (χ1n) is 5.60. The van der Waals surface area contributed by atoms with Crippen molar-refractivity contribution in [3.63, 3.8) is 0 Å². The summed E-state index contributed by atoms with van der Waals surface area (Å²) in [6, 6.07) is 0. The van der Waals surface area contributed by atoms with Crippen molar-refractivity contribution in [3.8, 4) is 0 Å². The highest BCUT2D eigenvalue weighted by molar-refractivity contribution is 4.87. The molecule has 0 bridgehead atoms. The number of likely N-dealkylation sites (N-methyl/N-ethyl adjacent to an activating group) is 1. The first kappa shape index (κ1) is 12.8. The molecule has 0 N–H and O–H groups in total. The largest absolute Gasteiger partial charge is 0.296 e. The standard InChI is InChI=1S/C11H22F2N2/c1-5-14-6-7-15(10(2,3)4)9-11(12,13)8-14/h5-9H2,1-4H3. The fourth-order valence-corrected chi connectivity index (χ4v) is 1.92. The molecule has 0 unspecified atom stereocenters. The van der Waals surface area contributed by atoms with Crippen molar-refractivity contribution >= 4 is 0 Å².